The molecule has 0 unspecified atom stereocenters. The average molecular weight is 618 g/mol. The number of hydrogen-bond donors (Lipinski definition) is 1. The van der Waals surface area contributed by atoms with Gasteiger partial charge in [-0.25, -0.2) is 19.0 Å². The molecule has 2 amide bonds. The number of amides is 2. The minimum atomic E-state index is -1.04. The molecule has 0 spiro atoms. The number of methoxy groups -OCH3 is 1. The summed E-state index contributed by atoms with van der Waals surface area (Å²) in [6, 6.07) is 1.30. The van der Waals surface area contributed by atoms with Gasteiger partial charge in [-0.15, -0.1) is 11.3 Å². The molecule has 0 radical (unpaired) electrons. The third-order valence-electron chi connectivity index (χ3n) is 8.03. The second-order valence-electron chi connectivity index (χ2n) is 11.6. The number of urea groups is 1. The summed E-state index contributed by atoms with van der Waals surface area (Å²) in [5.74, 6) is -2.19. The van der Waals surface area contributed by atoms with Gasteiger partial charge in [-0.3, -0.25) is 14.7 Å². The molecule has 0 bridgehead atoms. The summed E-state index contributed by atoms with van der Waals surface area (Å²) >= 11 is 7.92. The lowest BCUT2D eigenvalue weighted by atomic mass is 9.92. The van der Waals surface area contributed by atoms with E-state index in [0.717, 1.165) is 0 Å². The first-order chi connectivity index (χ1) is 19.9. The Labute approximate surface area is 252 Å². The van der Waals surface area contributed by atoms with Crippen LogP contribution >= 0.6 is 22.9 Å². The summed E-state index contributed by atoms with van der Waals surface area (Å²) in [6.45, 7) is 6.87. The lowest BCUT2D eigenvalue weighted by Gasteiger charge is -2.42. The highest BCUT2D eigenvalue weighted by molar-refractivity contribution is 7.11. The van der Waals surface area contributed by atoms with E-state index in [9.17, 15) is 23.9 Å². The maximum absolute atomic E-state index is 14.0. The van der Waals surface area contributed by atoms with E-state index in [4.69, 9.17) is 21.3 Å². The molecule has 224 valence electrons. The molecule has 2 aromatic rings. The van der Waals surface area contributed by atoms with Gasteiger partial charge < -0.3 is 19.6 Å². The number of carboxylic acids is 1. The van der Waals surface area contributed by atoms with E-state index >= 15 is 0 Å². The second-order valence-corrected chi connectivity index (χ2v) is 12.9. The standard InChI is InChI=1S/C29H33ClFN5O5S/c1-29(2,3)36-15-21-24(26(37)38)34(10-11-35(21)28(36)40)14-16-5-8-20(25-32-9-12-42-25)33-23(22(16)27(39)41-4)18-7-6-17(31)13-19(18)30/h6-7,9,12-13,21,23-24H,5,8,10-11,14-15H2,1-4H3,(H,37,38)/t21-,23+,24+/m1/s1. The van der Waals surface area contributed by atoms with Crippen molar-refractivity contribution < 1.29 is 28.6 Å². The molecule has 5 rings (SSSR count). The molecule has 42 heavy (non-hydrogen) atoms. The molecule has 3 atom stereocenters. The lowest BCUT2D eigenvalue weighted by Crippen LogP contribution is -2.62. The molecule has 4 heterocycles. The highest BCUT2D eigenvalue weighted by Gasteiger charge is 2.51. The van der Waals surface area contributed by atoms with Crippen LogP contribution in [0, 0.1) is 5.82 Å². The topological polar surface area (TPSA) is 116 Å². The molecule has 2 saturated heterocycles. The van der Waals surface area contributed by atoms with Gasteiger partial charge in [0.2, 0.25) is 0 Å². The van der Waals surface area contributed by atoms with Crippen LogP contribution in [0.4, 0.5) is 9.18 Å². The fourth-order valence-electron chi connectivity index (χ4n) is 6.00. The lowest BCUT2D eigenvalue weighted by molar-refractivity contribution is -0.147. The molecule has 10 nitrogen and oxygen atoms in total. The van der Waals surface area contributed by atoms with Crippen LogP contribution in [-0.2, 0) is 14.3 Å². The molecule has 0 saturated carbocycles. The van der Waals surface area contributed by atoms with Crippen molar-refractivity contribution in [3.05, 3.63) is 62.3 Å². The average Bonchev–Trinajstić information content (AvgIpc) is 3.53. The van der Waals surface area contributed by atoms with Crippen molar-refractivity contribution in [1.29, 1.82) is 0 Å². The molecule has 3 aliphatic rings. The van der Waals surface area contributed by atoms with E-state index < -0.39 is 41.4 Å². The van der Waals surface area contributed by atoms with Gasteiger partial charge in [0, 0.05) is 53.9 Å². The SMILES string of the molecule is COC(=O)C1=C(CN2CCN3C(=O)N(C(C)(C)C)C[C@@H]3[C@H]2C(=O)O)CCC(c2nccs2)=N[C@H]1c1ccc(F)cc1Cl. The number of carbonyl (C=O) groups is 3. The number of aliphatic imine (C=N–C) groups is 1. The molecular formula is C29H33ClFN5O5S. The predicted molar refractivity (Wildman–Crippen MR) is 156 cm³/mol. The molecule has 1 aromatic heterocycles. The third kappa shape index (κ3) is 5.67. The van der Waals surface area contributed by atoms with E-state index in [-0.39, 0.29) is 29.7 Å². The first-order valence-corrected chi connectivity index (χ1v) is 14.9. The monoisotopic (exact) mass is 617 g/mol. The van der Waals surface area contributed by atoms with Crippen LogP contribution in [-0.4, -0.2) is 99.4 Å². The van der Waals surface area contributed by atoms with E-state index in [1.165, 1.54) is 36.6 Å². The summed E-state index contributed by atoms with van der Waals surface area (Å²) in [6.07, 6.45) is 2.50. The molecule has 3 aliphatic heterocycles. The van der Waals surface area contributed by atoms with E-state index in [1.54, 1.807) is 16.0 Å². The summed E-state index contributed by atoms with van der Waals surface area (Å²) in [5, 5.41) is 13.0. The van der Waals surface area contributed by atoms with Gasteiger partial charge in [0.25, 0.3) is 0 Å². The summed E-state index contributed by atoms with van der Waals surface area (Å²) in [7, 11) is 1.27. The van der Waals surface area contributed by atoms with Crippen molar-refractivity contribution in [3.8, 4) is 0 Å². The van der Waals surface area contributed by atoms with Crippen LogP contribution in [0.3, 0.4) is 0 Å². The van der Waals surface area contributed by atoms with Gasteiger partial charge >= 0.3 is 18.0 Å². The number of rotatable bonds is 6. The Morgan fingerprint density at radius 2 is 2.00 bits per heavy atom. The normalized spacial score (nSPS) is 23.5. The molecule has 0 aliphatic carbocycles. The molecule has 2 fully saturated rings. The zero-order chi connectivity index (χ0) is 30.3. The van der Waals surface area contributed by atoms with Gasteiger partial charge in [-0.2, -0.15) is 0 Å². The maximum Gasteiger partial charge on any atom is 0.336 e. The molecular weight excluding hydrogens is 585 g/mol. The van der Waals surface area contributed by atoms with E-state index in [2.05, 4.69) is 4.98 Å². The van der Waals surface area contributed by atoms with Crippen molar-refractivity contribution in [2.45, 2.75) is 57.3 Å². The quantitative estimate of drug-likeness (QED) is 0.478. The number of ether oxygens (including phenoxy) is 1. The fraction of sp³-hybridized carbons (Fsp3) is 0.483. The number of fused-ring (bicyclic) bond motifs is 1. The van der Waals surface area contributed by atoms with Crippen LogP contribution in [0.25, 0.3) is 0 Å². The number of halogens is 2. The first-order valence-electron chi connectivity index (χ1n) is 13.7. The van der Waals surface area contributed by atoms with Gasteiger partial charge in [-0.1, -0.05) is 17.7 Å². The van der Waals surface area contributed by atoms with Crippen LogP contribution in [0.5, 0.6) is 0 Å². The van der Waals surface area contributed by atoms with Gasteiger partial charge in [0.1, 0.15) is 22.9 Å². The number of carboxylic acid groups (broad SMARTS) is 1. The van der Waals surface area contributed by atoms with Crippen molar-refractivity contribution in [2.24, 2.45) is 4.99 Å². The third-order valence-corrected chi connectivity index (χ3v) is 9.18. The number of piperazine rings is 1. The number of hydrogen-bond acceptors (Lipinski definition) is 8. The summed E-state index contributed by atoms with van der Waals surface area (Å²) in [5.41, 5.74) is 1.51. The minimum absolute atomic E-state index is 0.105. The maximum atomic E-state index is 14.0. The highest BCUT2D eigenvalue weighted by atomic mass is 35.5. The zero-order valence-electron chi connectivity index (χ0n) is 23.8. The molecule has 13 heteroatoms. The Balaban J connectivity index is 1.57. The molecule has 1 aromatic carbocycles. The number of esters is 1. The highest BCUT2D eigenvalue weighted by Crippen LogP contribution is 2.39. The Hall–Kier alpha value is -3.35. The van der Waals surface area contributed by atoms with Crippen LogP contribution < -0.4 is 0 Å². The first kappa shape index (κ1) is 30.1. The summed E-state index contributed by atoms with van der Waals surface area (Å²) in [4.78, 5) is 53.9. The van der Waals surface area contributed by atoms with Gasteiger partial charge in [0.15, 0.2) is 0 Å². The number of carbonyl (C=O) groups excluding carboxylic acids is 2. The number of aromatic nitrogens is 1. The number of benzene rings is 1. The van der Waals surface area contributed by atoms with Crippen LogP contribution in [0.1, 0.15) is 50.2 Å². The minimum Gasteiger partial charge on any atom is -0.480 e. The fourth-order valence-corrected chi connectivity index (χ4v) is 6.94. The van der Waals surface area contributed by atoms with Crippen molar-refractivity contribution in [3.63, 3.8) is 0 Å². The Morgan fingerprint density at radius 1 is 1.24 bits per heavy atom. The van der Waals surface area contributed by atoms with Crippen LogP contribution in [0.2, 0.25) is 5.02 Å². The Morgan fingerprint density at radius 3 is 2.62 bits per heavy atom. The second kappa shape index (κ2) is 11.7. The predicted octanol–water partition coefficient (Wildman–Crippen LogP) is 4.40. The van der Waals surface area contributed by atoms with Gasteiger partial charge in [-0.05, 0) is 51.3 Å². The van der Waals surface area contributed by atoms with Gasteiger partial charge in [0.05, 0.1) is 24.4 Å². The van der Waals surface area contributed by atoms with Crippen molar-refractivity contribution >= 4 is 46.6 Å². The largest absolute Gasteiger partial charge is 0.480 e. The van der Waals surface area contributed by atoms with E-state index in [1.807, 2.05) is 31.1 Å². The smallest absolute Gasteiger partial charge is 0.336 e. The van der Waals surface area contributed by atoms with Crippen molar-refractivity contribution in [1.82, 2.24) is 19.7 Å². The number of nitrogens with zero attached hydrogens (tertiary/aromatic N) is 5. The Bertz CT molecular complexity index is 1460. The van der Waals surface area contributed by atoms with E-state index in [0.29, 0.717) is 47.8 Å². The number of aliphatic carboxylic acids is 1. The van der Waals surface area contributed by atoms with Crippen LogP contribution in [0.15, 0.2) is 45.9 Å². The van der Waals surface area contributed by atoms with Crippen molar-refractivity contribution in [2.75, 3.05) is 33.3 Å². The Kier molecular flexibility index (Phi) is 8.41. The summed E-state index contributed by atoms with van der Waals surface area (Å²) < 4.78 is 19.3. The zero-order valence-corrected chi connectivity index (χ0v) is 25.4. The number of thiazole rings is 1. The molecule has 1 N–H and O–H groups in total.